The first-order valence-electron chi connectivity index (χ1n) is 11.2. The van der Waals surface area contributed by atoms with E-state index in [1.807, 2.05) is 60.7 Å². The second kappa shape index (κ2) is 11.6. The second-order valence-corrected chi connectivity index (χ2v) is 10.8. The minimum Gasteiger partial charge on any atom is -0.375 e. The van der Waals surface area contributed by atoms with Gasteiger partial charge in [-0.15, -0.1) is 0 Å². The highest BCUT2D eigenvalue weighted by molar-refractivity contribution is 7.91. The lowest BCUT2D eigenvalue weighted by atomic mass is 10.1. The Kier molecular flexibility index (Phi) is 8.31. The van der Waals surface area contributed by atoms with Gasteiger partial charge in [0.15, 0.2) is 0 Å². The minimum atomic E-state index is -3.96. The molecule has 0 saturated heterocycles. The van der Waals surface area contributed by atoms with Gasteiger partial charge >= 0.3 is 0 Å². The number of benzene rings is 4. The molecular formula is C28H24Cl2N2O3S. The summed E-state index contributed by atoms with van der Waals surface area (Å²) in [6.07, 6.45) is 0. The summed E-state index contributed by atoms with van der Waals surface area (Å²) >= 11 is 12.8. The Morgan fingerprint density at radius 1 is 0.722 bits per heavy atom. The predicted molar refractivity (Wildman–Crippen MR) is 144 cm³/mol. The summed E-state index contributed by atoms with van der Waals surface area (Å²) in [6, 6.07) is 30.4. The summed E-state index contributed by atoms with van der Waals surface area (Å²) < 4.78 is 26.4. The van der Waals surface area contributed by atoms with Crippen LogP contribution in [0, 0.1) is 0 Å². The van der Waals surface area contributed by atoms with E-state index in [4.69, 9.17) is 23.2 Å². The van der Waals surface area contributed by atoms with E-state index in [0.717, 1.165) is 11.1 Å². The third kappa shape index (κ3) is 6.08. The lowest BCUT2D eigenvalue weighted by Gasteiger charge is -2.24. The van der Waals surface area contributed by atoms with E-state index in [9.17, 15) is 13.2 Å². The van der Waals surface area contributed by atoms with Crippen molar-refractivity contribution in [3.05, 3.63) is 124 Å². The Balaban J connectivity index is 1.56. The molecule has 1 N–H and O–H groups in total. The third-order valence-corrected chi connectivity index (χ3v) is 8.37. The van der Waals surface area contributed by atoms with Gasteiger partial charge in [0.25, 0.3) is 0 Å². The number of anilines is 1. The monoisotopic (exact) mass is 538 g/mol. The molecule has 5 nitrogen and oxygen atoms in total. The van der Waals surface area contributed by atoms with E-state index in [1.165, 1.54) is 18.2 Å². The van der Waals surface area contributed by atoms with E-state index in [0.29, 0.717) is 18.8 Å². The van der Waals surface area contributed by atoms with Crippen LogP contribution in [0.2, 0.25) is 10.0 Å². The largest absolute Gasteiger partial charge is 0.375 e. The molecule has 0 aliphatic rings. The van der Waals surface area contributed by atoms with Crippen molar-refractivity contribution in [3.63, 3.8) is 0 Å². The zero-order chi connectivity index (χ0) is 25.5. The third-order valence-electron chi connectivity index (χ3n) is 5.59. The Morgan fingerprint density at radius 2 is 1.22 bits per heavy atom. The van der Waals surface area contributed by atoms with Crippen LogP contribution in [0.1, 0.15) is 11.1 Å². The normalized spacial score (nSPS) is 11.2. The highest BCUT2D eigenvalue weighted by Crippen LogP contribution is 2.38. The van der Waals surface area contributed by atoms with Crippen molar-refractivity contribution in [1.82, 2.24) is 4.90 Å². The molecule has 0 fully saturated rings. The summed E-state index contributed by atoms with van der Waals surface area (Å²) in [4.78, 5) is 14.9. The van der Waals surface area contributed by atoms with Crippen LogP contribution in [0.5, 0.6) is 0 Å². The van der Waals surface area contributed by atoms with Gasteiger partial charge in [-0.25, -0.2) is 8.42 Å². The van der Waals surface area contributed by atoms with Crippen molar-refractivity contribution in [2.24, 2.45) is 0 Å². The maximum absolute atomic E-state index is 13.3. The zero-order valence-electron chi connectivity index (χ0n) is 19.3. The molecule has 36 heavy (non-hydrogen) atoms. The van der Waals surface area contributed by atoms with Gasteiger partial charge in [0, 0.05) is 13.1 Å². The lowest BCUT2D eigenvalue weighted by Crippen LogP contribution is -2.34. The van der Waals surface area contributed by atoms with Crippen LogP contribution in [-0.2, 0) is 27.7 Å². The van der Waals surface area contributed by atoms with Gasteiger partial charge in [0.2, 0.25) is 15.7 Å². The fraction of sp³-hybridized carbons (Fsp3) is 0.107. The first kappa shape index (κ1) is 25.8. The highest BCUT2D eigenvalue weighted by Gasteiger charge is 2.26. The Labute approximate surface area is 221 Å². The quantitative estimate of drug-likeness (QED) is 0.265. The molecule has 0 heterocycles. The van der Waals surface area contributed by atoms with Gasteiger partial charge in [-0.1, -0.05) is 102 Å². The van der Waals surface area contributed by atoms with Crippen LogP contribution in [-0.4, -0.2) is 25.8 Å². The molecule has 4 aromatic carbocycles. The van der Waals surface area contributed by atoms with Crippen molar-refractivity contribution in [1.29, 1.82) is 0 Å². The Hall–Kier alpha value is -3.32. The van der Waals surface area contributed by atoms with Crippen molar-refractivity contribution in [3.8, 4) is 0 Å². The number of nitrogens with one attached hydrogen (secondary N) is 1. The van der Waals surface area contributed by atoms with Crippen molar-refractivity contribution in [2.45, 2.75) is 22.9 Å². The molecule has 0 spiro atoms. The molecule has 8 heteroatoms. The number of hydrogen-bond acceptors (Lipinski definition) is 4. The van der Waals surface area contributed by atoms with E-state index in [2.05, 4.69) is 5.32 Å². The van der Waals surface area contributed by atoms with E-state index >= 15 is 0 Å². The molecule has 0 saturated carbocycles. The maximum atomic E-state index is 13.3. The van der Waals surface area contributed by atoms with E-state index < -0.39 is 9.84 Å². The van der Waals surface area contributed by atoms with Gasteiger partial charge in [-0.2, -0.15) is 0 Å². The van der Waals surface area contributed by atoms with Crippen LogP contribution in [0.15, 0.2) is 113 Å². The number of halogens is 2. The van der Waals surface area contributed by atoms with Gasteiger partial charge < -0.3 is 10.2 Å². The number of hydrogen-bond donors (Lipinski definition) is 1. The van der Waals surface area contributed by atoms with Gasteiger partial charge in [-0.05, 0) is 35.4 Å². The Bertz CT molecular complexity index is 1390. The molecule has 0 aromatic heterocycles. The standard InChI is InChI=1S/C28H24Cl2N2O3S/c29-24-16-17-25(27(30)28(24)36(34,35)23-14-8-3-9-15-23)31-18-26(33)32(19-21-10-4-1-5-11-21)20-22-12-6-2-7-13-22/h1-17,31H,18-20H2. The maximum Gasteiger partial charge on any atom is 0.242 e. The number of carbonyl (C=O) groups excluding carboxylic acids is 1. The fourth-order valence-corrected chi connectivity index (χ4v) is 6.22. The summed E-state index contributed by atoms with van der Waals surface area (Å²) in [5.41, 5.74) is 2.31. The van der Waals surface area contributed by atoms with Crippen molar-refractivity contribution in [2.75, 3.05) is 11.9 Å². The average Bonchev–Trinajstić information content (AvgIpc) is 2.89. The van der Waals surface area contributed by atoms with E-state index in [1.54, 1.807) is 29.2 Å². The first-order valence-corrected chi connectivity index (χ1v) is 13.5. The summed E-state index contributed by atoms with van der Waals surface area (Å²) in [5, 5.41) is 2.96. The molecule has 184 valence electrons. The SMILES string of the molecule is O=C(CNc1ccc(Cl)c(S(=O)(=O)c2ccccc2)c1Cl)N(Cc1ccccc1)Cc1ccccc1. The minimum absolute atomic E-state index is 0.00973. The molecule has 4 aromatic rings. The van der Waals surface area contributed by atoms with Crippen LogP contribution in [0.3, 0.4) is 0 Å². The molecule has 0 aliphatic heterocycles. The van der Waals surface area contributed by atoms with Gasteiger partial charge in [-0.3, -0.25) is 4.79 Å². The van der Waals surface area contributed by atoms with E-state index in [-0.39, 0.29) is 32.3 Å². The summed E-state index contributed by atoms with van der Waals surface area (Å²) in [5.74, 6) is -0.166. The van der Waals surface area contributed by atoms with Gasteiger partial charge in [0.1, 0.15) is 4.90 Å². The summed E-state index contributed by atoms with van der Waals surface area (Å²) in [7, 11) is -3.96. The molecule has 0 atom stereocenters. The van der Waals surface area contributed by atoms with Crippen molar-refractivity contribution < 1.29 is 13.2 Å². The average molecular weight is 539 g/mol. The van der Waals surface area contributed by atoms with Crippen LogP contribution < -0.4 is 5.32 Å². The molecule has 1 amide bonds. The summed E-state index contributed by atoms with van der Waals surface area (Å²) in [6.45, 7) is 0.780. The fourth-order valence-electron chi connectivity index (χ4n) is 3.76. The smallest absolute Gasteiger partial charge is 0.242 e. The number of rotatable bonds is 9. The van der Waals surface area contributed by atoms with Crippen LogP contribution in [0.25, 0.3) is 0 Å². The topological polar surface area (TPSA) is 66.5 Å². The zero-order valence-corrected chi connectivity index (χ0v) is 21.6. The van der Waals surface area contributed by atoms with Crippen LogP contribution >= 0.6 is 23.2 Å². The molecule has 0 bridgehead atoms. The second-order valence-electron chi connectivity index (χ2n) is 8.13. The molecular weight excluding hydrogens is 515 g/mol. The molecule has 0 aliphatic carbocycles. The number of carbonyl (C=O) groups is 1. The van der Waals surface area contributed by atoms with Gasteiger partial charge in [0.05, 0.1) is 27.2 Å². The number of amides is 1. The number of nitrogens with zero attached hydrogens (tertiary/aromatic N) is 1. The highest BCUT2D eigenvalue weighted by atomic mass is 35.5. The van der Waals surface area contributed by atoms with Crippen LogP contribution in [0.4, 0.5) is 5.69 Å². The molecule has 0 radical (unpaired) electrons. The molecule has 4 rings (SSSR count). The number of sulfone groups is 1. The lowest BCUT2D eigenvalue weighted by molar-refractivity contribution is -0.130. The van der Waals surface area contributed by atoms with Crippen molar-refractivity contribution >= 4 is 44.6 Å². The predicted octanol–water partition coefficient (Wildman–Crippen LogP) is 6.47. The first-order chi connectivity index (χ1) is 17.4. The Morgan fingerprint density at radius 3 is 1.75 bits per heavy atom. The molecule has 0 unspecified atom stereocenters.